The molecule has 26 heavy (non-hydrogen) atoms. The van der Waals surface area contributed by atoms with Crippen molar-refractivity contribution in [2.75, 3.05) is 32.8 Å². The van der Waals surface area contributed by atoms with Gasteiger partial charge in [0.05, 0.1) is 6.61 Å². The third-order valence-corrected chi connectivity index (χ3v) is 7.35. The fraction of sp³-hybridized carbons (Fsp3) is 0.500. The minimum Gasteiger partial charge on any atom is -0.493 e. The highest BCUT2D eigenvalue weighted by molar-refractivity contribution is 7.89. The van der Waals surface area contributed by atoms with Gasteiger partial charge in [-0.2, -0.15) is 4.31 Å². The number of benzene rings is 1. The third-order valence-electron chi connectivity index (χ3n) is 5.21. The van der Waals surface area contributed by atoms with Gasteiger partial charge in [-0.1, -0.05) is 23.4 Å². The number of nitrogens with zero attached hydrogens (tertiary/aromatic N) is 3. The predicted molar refractivity (Wildman–Crippen MR) is 95.6 cm³/mol. The van der Waals surface area contributed by atoms with Crippen molar-refractivity contribution in [2.45, 2.75) is 31.2 Å². The summed E-state index contributed by atoms with van der Waals surface area (Å²) in [5.41, 5.74) is 1.61. The smallest absolute Gasteiger partial charge is 0.248 e. The molecule has 2 aliphatic rings. The first kappa shape index (κ1) is 17.5. The second-order valence-electron chi connectivity index (χ2n) is 6.78. The number of rotatable bonds is 3. The SMILES string of the molecule is Cc1noc(C)c1S(=O)(=O)N1CCN(C2CCOc3ccccc32)CC1. The van der Waals surface area contributed by atoms with Crippen LogP contribution in [0.2, 0.25) is 0 Å². The number of aromatic nitrogens is 1. The molecule has 0 radical (unpaired) electrons. The lowest BCUT2D eigenvalue weighted by Gasteiger charge is -2.40. The summed E-state index contributed by atoms with van der Waals surface area (Å²) in [4.78, 5) is 2.57. The van der Waals surface area contributed by atoms with Gasteiger partial charge in [0, 0.05) is 44.2 Å². The minimum absolute atomic E-state index is 0.211. The number of hydrogen-bond donors (Lipinski definition) is 0. The summed E-state index contributed by atoms with van der Waals surface area (Å²) in [6.07, 6.45) is 0.924. The Morgan fingerprint density at radius 2 is 1.85 bits per heavy atom. The number of piperazine rings is 1. The van der Waals surface area contributed by atoms with E-state index in [9.17, 15) is 8.42 Å². The number of sulfonamides is 1. The molecular weight excluding hydrogens is 354 g/mol. The number of hydrogen-bond acceptors (Lipinski definition) is 6. The van der Waals surface area contributed by atoms with Crippen LogP contribution in [0.25, 0.3) is 0 Å². The number of ether oxygens (including phenoxy) is 1. The van der Waals surface area contributed by atoms with E-state index in [2.05, 4.69) is 16.1 Å². The first-order chi connectivity index (χ1) is 12.5. The fourth-order valence-corrected chi connectivity index (χ4v) is 5.64. The van der Waals surface area contributed by atoms with Crippen molar-refractivity contribution in [1.82, 2.24) is 14.4 Å². The van der Waals surface area contributed by atoms with Crippen molar-refractivity contribution in [3.63, 3.8) is 0 Å². The van der Waals surface area contributed by atoms with Crippen molar-refractivity contribution in [3.8, 4) is 5.75 Å². The summed E-state index contributed by atoms with van der Waals surface area (Å²) in [5.74, 6) is 1.29. The highest BCUT2D eigenvalue weighted by Gasteiger charge is 2.36. The maximum absolute atomic E-state index is 13.0. The zero-order valence-corrected chi connectivity index (χ0v) is 15.8. The van der Waals surface area contributed by atoms with Gasteiger partial charge in [-0.15, -0.1) is 0 Å². The maximum atomic E-state index is 13.0. The van der Waals surface area contributed by atoms with Gasteiger partial charge in [-0.05, 0) is 19.9 Å². The van der Waals surface area contributed by atoms with E-state index < -0.39 is 10.0 Å². The topological polar surface area (TPSA) is 75.9 Å². The Kier molecular flexibility index (Phi) is 4.50. The molecule has 1 fully saturated rings. The van der Waals surface area contributed by atoms with E-state index in [1.54, 1.807) is 18.2 Å². The van der Waals surface area contributed by atoms with Gasteiger partial charge >= 0.3 is 0 Å². The van der Waals surface area contributed by atoms with E-state index in [0.717, 1.165) is 12.2 Å². The van der Waals surface area contributed by atoms with Crippen LogP contribution >= 0.6 is 0 Å². The lowest BCUT2D eigenvalue weighted by molar-refractivity contribution is 0.103. The van der Waals surface area contributed by atoms with Crippen LogP contribution < -0.4 is 4.74 Å². The van der Waals surface area contributed by atoms with Crippen LogP contribution in [-0.4, -0.2) is 55.6 Å². The minimum atomic E-state index is -3.57. The maximum Gasteiger partial charge on any atom is 0.248 e. The van der Waals surface area contributed by atoms with Gasteiger partial charge in [0.2, 0.25) is 10.0 Å². The Balaban J connectivity index is 1.50. The molecule has 0 spiro atoms. The Morgan fingerprint density at radius 3 is 2.54 bits per heavy atom. The number of fused-ring (bicyclic) bond motifs is 1. The zero-order valence-electron chi connectivity index (χ0n) is 15.0. The van der Waals surface area contributed by atoms with Gasteiger partial charge in [0.1, 0.15) is 16.3 Å². The molecule has 1 aromatic carbocycles. The van der Waals surface area contributed by atoms with E-state index in [1.807, 2.05) is 18.2 Å². The lowest BCUT2D eigenvalue weighted by atomic mass is 9.98. The molecule has 1 saturated heterocycles. The summed E-state index contributed by atoms with van der Waals surface area (Å²) < 4.78 is 38.3. The summed E-state index contributed by atoms with van der Waals surface area (Å²) in [5, 5.41) is 3.79. The molecule has 0 saturated carbocycles. The lowest BCUT2D eigenvalue weighted by Crippen LogP contribution is -2.50. The Morgan fingerprint density at radius 1 is 1.12 bits per heavy atom. The Hall–Kier alpha value is -1.90. The summed E-state index contributed by atoms with van der Waals surface area (Å²) in [6.45, 7) is 6.32. The predicted octanol–water partition coefficient (Wildman–Crippen LogP) is 2.12. The van der Waals surface area contributed by atoms with E-state index in [0.29, 0.717) is 44.2 Å². The van der Waals surface area contributed by atoms with Gasteiger partial charge in [0.15, 0.2) is 5.76 Å². The summed E-state index contributed by atoms with van der Waals surface area (Å²) in [6, 6.07) is 8.39. The van der Waals surface area contributed by atoms with E-state index in [-0.39, 0.29) is 10.9 Å². The van der Waals surface area contributed by atoms with Gasteiger partial charge < -0.3 is 9.26 Å². The second kappa shape index (κ2) is 6.68. The summed E-state index contributed by atoms with van der Waals surface area (Å²) in [7, 11) is -3.57. The number of para-hydroxylation sites is 1. The van der Waals surface area contributed by atoms with Crippen LogP contribution in [0.3, 0.4) is 0 Å². The molecule has 0 amide bonds. The highest BCUT2D eigenvalue weighted by Crippen LogP contribution is 2.36. The monoisotopic (exact) mass is 377 g/mol. The van der Waals surface area contributed by atoms with Crippen molar-refractivity contribution in [2.24, 2.45) is 0 Å². The van der Waals surface area contributed by atoms with Crippen LogP contribution in [0, 0.1) is 13.8 Å². The first-order valence-electron chi connectivity index (χ1n) is 8.87. The van der Waals surface area contributed by atoms with Crippen molar-refractivity contribution in [1.29, 1.82) is 0 Å². The average Bonchev–Trinajstić information content (AvgIpc) is 3.00. The van der Waals surface area contributed by atoms with E-state index >= 15 is 0 Å². The molecule has 1 atom stereocenters. The normalized spacial score (nSPS) is 22.0. The molecule has 0 aliphatic carbocycles. The van der Waals surface area contributed by atoms with Crippen molar-refractivity contribution < 1.29 is 17.7 Å². The van der Waals surface area contributed by atoms with Crippen LogP contribution in [0.5, 0.6) is 5.75 Å². The Bertz CT molecular complexity index is 881. The van der Waals surface area contributed by atoms with Crippen LogP contribution in [0.1, 0.15) is 29.5 Å². The van der Waals surface area contributed by atoms with E-state index in [4.69, 9.17) is 9.26 Å². The standard InChI is InChI=1S/C18H23N3O4S/c1-13-18(14(2)25-19-13)26(22,23)21-10-8-20(9-11-21)16-7-12-24-17-6-4-3-5-15(16)17/h3-6,16H,7-12H2,1-2H3. The molecule has 4 rings (SSSR count). The van der Waals surface area contributed by atoms with E-state index in [1.165, 1.54) is 5.56 Å². The molecule has 0 bridgehead atoms. The number of aryl methyl sites for hydroxylation is 2. The molecule has 7 nitrogen and oxygen atoms in total. The third kappa shape index (κ3) is 2.91. The summed E-state index contributed by atoms with van der Waals surface area (Å²) >= 11 is 0. The van der Waals surface area contributed by atoms with Crippen molar-refractivity contribution >= 4 is 10.0 Å². The van der Waals surface area contributed by atoms with Gasteiger partial charge in [0.25, 0.3) is 0 Å². The van der Waals surface area contributed by atoms with Gasteiger partial charge in [-0.25, -0.2) is 8.42 Å². The Labute approximate surface area is 153 Å². The largest absolute Gasteiger partial charge is 0.493 e. The molecule has 3 heterocycles. The highest BCUT2D eigenvalue weighted by atomic mass is 32.2. The molecule has 2 aromatic rings. The van der Waals surface area contributed by atoms with Crippen molar-refractivity contribution in [3.05, 3.63) is 41.3 Å². The molecule has 140 valence electrons. The molecular formula is C18H23N3O4S. The molecule has 1 unspecified atom stereocenters. The van der Waals surface area contributed by atoms with Crippen LogP contribution in [0.15, 0.2) is 33.7 Å². The van der Waals surface area contributed by atoms with Crippen LogP contribution in [-0.2, 0) is 10.0 Å². The first-order valence-corrected chi connectivity index (χ1v) is 10.3. The molecule has 0 N–H and O–H groups in total. The zero-order chi connectivity index (χ0) is 18.3. The fourth-order valence-electron chi connectivity index (χ4n) is 3.93. The molecule has 2 aliphatic heterocycles. The average molecular weight is 377 g/mol. The van der Waals surface area contributed by atoms with Crippen LogP contribution in [0.4, 0.5) is 0 Å². The second-order valence-corrected chi connectivity index (χ2v) is 8.66. The van der Waals surface area contributed by atoms with Gasteiger partial charge in [-0.3, -0.25) is 4.90 Å². The molecule has 8 heteroatoms. The molecule has 1 aromatic heterocycles. The quantitative estimate of drug-likeness (QED) is 0.816.